The zero-order valence-corrected chi connectivity index (χ0v) is 22.1. The molecule has 0 fully saturated rings. The Morgan fingerprint density at radius 3 is 2.27 bits per heavy atom. The van der Waals surface area contributed by atoms with Crippen molar-refractivity contribution in [2.24, 2.45) is 0 Å². The second-order valence-electron chi connectivity index (χ2n) is 9.26. The van der Waals surface area contributed by atoms with Crippen molar-refractivity contribution in [3.05, 3.63) is 126 Å². The van der Waals surface area contributed by atoms with Gasteiger partial charge in [-0.05, 0) is 61.0 Å². The standard InChI is InChI=1S/C33H30N2O5/c1-23-28(35-33(39-23)25-10-4-2-5-11-25)20-21-38-26-18-16-24(17-19-26)30(22-32(36)37)34-29-14-8-9-15-31(29)40-27-12-6-3-7-13-27/h2-19,30,34H,20-22H2,1H3,(H,36,37)/t30-/m0/s1. The number of hydrogen-bond acceptors (Lipinski definition) is 6. The van der Waals surface area contributed by atoms with E-state index < -0.39 is 12.0 Å². The van der Waals surface area contributed by atoms with Crippen molar-refractivity contribution < 1.29 is 23.8 Å². The lowest BCUT2D eigenvalue weighted by molar-refractivity contribution is -0.137. The van der Waals surface area contributed by atoms with Gasteiger partial charge >= 0.3 is 5.97 Å². The van der Waals surface area contributed by atoms with Gasteiger partial charge in [-0.2, -0.15) is 0 Å². The van der Waals surface area contributed by atoms with Crippen LogP contribution in [0.25, 0.3) is 11.5 Å². The third kappa shape index (κ3) is 6.88. The number of oxazole rings is 1. The number of anilines is 1. The molecule has 0 aliphatic carbocycles. The van der Waals surface area contributed by atoms with Crippen molar-refractivity contribution >= 4 is 11.7 Å². The summed E-state index contributed by atoms with van der Waals surface area (Å²) in [6.07, 6.45) is 0.500. The van der Waals surface area contributed by atoms with Crippen molar-refractivity contribution in [2.75, 3.05) is 11.9 Å². The van der Waals surface area contributed by atoms with E-state index in [2.05, 4.69) is 10.3 Å². The number of carbonyl (C=O) groups is 1. The number of nitrogens with one attached hydrogen (secondary N) is 1. The van der Waals surface area contributed by atoms with Gasteiger partial charge in [-0.1, -0.05) is 60.7 Å². The van der Waals surface area contributed by atoms with Crippen LogP contribution in [0.4, 0.5) is 5.69 Å². The summed E-state index contributed by atoms with van der Waals surface area (Å²) >= 11 is 0. The fourth-order valence-corrected chi connectivity index (χ4v) is 4.33. The van der Waals surface area contributed by atoms with E-state index in [4.69, 9.17) is 13.9 Å². The maximum Gasteiger partial charge on any atom is 0.305 e. The lowest BCUT2D eigenvalue weighted by Gasteiger charge is -2.21. The van der Waals surface area contributed by atoms with Crippen molar-refractivity contribution in [3.8, 4) is 28.7 Å². The summed E-state index contributed by atoms with van der Waals surface area (Å²) in [7, 11) is 0. The highest BCUT2D eigenvalue weighted by atomic mass is 16.5. The molecule has 5 aromatic rings. The van der Waals surface area contributed by atoms with Gasteiger partial charge in [0.05, 0.1) is 30.5 Å². The summed E-state index contributed by atoms with van der Waals surface area (Å²) < 4.78 is 17.8. The van der Waals surface area contributed by atoms with Crippen molar-refractivity contribution in [2.45, 2.75) is 25.8 Å². The number of ether oxygens (including phenoxy) is 2. The fourth-order valence-electron chi connectivity index (χ4n) is 4.33. The minimum atomic E-state index is -0.905. The Kier molecular flexibility index (Phi) is 8.41. The molecule has 2 N–H and O–H groups in total. The van der Waals surface area contributed by atoms with Gasteiger partial charge in [-0.3, -0.25) is 4.79 Å². The number of aryl methyl sites for hydroxylation is 1. The number of para-hydroxylation sites is 3. The van der Waals surface area contributed by atoms with Gasteiger partial charge in [-0.25, -0.2) is 4.98 Å². The van der Waals surface area contributed by atoms with Gasteiger partial charge in [0, 0.05) is 12.0 Å². The minimum absolute atomic E-state index is 0.102. The van der Waals surface area contributed by atoms with E-state index in [0.717, 1.165) is 22.6 Å². The van der Waals surface area contributed by atoms with E-state index in [1.165, 1.54) is 0 Å². The molecule has 1 heterocycles. The molecule has 0 unspecified atom stereocenters. The number of carboxylic acids is 1. The first-order valence-electron chi connectivity index (χ1n) is 13.1. The van der Waals surface area contributed by atoms with Gasteiger partial charge in [0.1, 0.15) is 17.3 Å². The Bertz CT molecular complexity index is 1530. The van der Waals surface area contributed by atoms with Gasteiger partial charge in [0.2, 0.25) is 5.89 Å². The van der Waals surface area contributed by atoms with E-state index in [-0.39, 0.29) is 6.42 Å². The third-order valence-electron chi connectivity index (χ3n) is 6.37. The van der Waals surface area contributed by atoms with Gasteiger partial charge in [0.15, 0.2) is 5.75 Å². The highest BCUT2D eigenvalue weighted by Gasteiger charge is 2.18. The van der Waals surface area contributed by atoms with E-state index in [9.17, 15) is 9.90 Å². The van der Waals surface area contributed by atoms with Gasteiger partial charge < -0.3 is 24.3 Å². The minimum Gasteiger partial charge on any atom is -0.493 e. The molecule has 0 saturated heterocycles. The van der Waals surface area contributed by atoms with Crippen molar-refractivity contribution in [1.29, 1.82) is 0 Å². The number of carboxylic acid groups (broad SMARTS) is 1. The van der Waals surface area contributed by atoms with E-state index >= 15 is 0 Å². The molecule has 5 rings (SSSR count). The van der Waals surface area contributed by atoms with E-state index in [0.29, 0.717) is 41.9 Å². The second kappa shape index (κ2) is 12.7. The van der Waals surface area contributed by atoms with Crippen LogP contribution >= 0.6 is 0 Å². The highest BCUT2D eigenvalue weighted by Crippen LogP contribution is 2.33. The summed E-state index contributed by atoms with van der Waals surface area (Å²) in [5, 5.41) is 13.0. The topological polar surface area (TPSA) is 93.8 Å². The zero-order chi connectivity index (χ0) is 27.7. The molecule has 0 amide bonds. The molecule has 0 aliphatic rings. The van der Waals surface area contributed by atoms with Crippen LogP contribution in [0.1, 0.15) is 29.5 Å². The summed E-state index contributed by atoms with van der Waals surface area (Å²) in [5.74, 6) is 2.47. The zero-order valence-electron chi connectivity index (χ0n) is 22.1. The molecule has 202 valence electrons. The number of nitrogens with zero attached hydrogens (tertiary/aromatic N) is 1. The third-order valence-corrected chi connectivity index (χ3v) is 6.37. The van der Waals surface area contributed by atoms with Crippen molar-refractivity contribution in [3.63, 3.8) is 0 Å². The Hall–Kier alpha value is -5.04. The fraction of sp³-hybridized carbons (Fsp3) is 0.152. The van der Waals surface area contributed by atoms with Crippen LogP contribution in [0.5, 0.6) is 17.2 Å². The number of rotatable bonds is 12. The molecular formula is C33H30N2O5. The smallest absolute Gasteiger partial charge is 0.305 e. The molecule has 40 heavy (non-hydrogen) atoms. The number of hydrogen-bond donors (Lipinski definition) is 2. The molecule has 7 nitrogen and oxygen atoms in total. The molecule has 7 heteroatoms. The normalized spacial score (nSPS) is 11.5. The number of aromatic nitrogens is 1. The van der Waals surface area contributed by atoms with E-state index in [1.54, 1.807) is 0 Å². The molecule has 0 bridgehead atoms. The molecular weight excluding hydrogens is 504 g/mol. The monoisotopic (exact) mass is 534 g/mol. The predicted octanol–water partition coefficient (Wildman–Crippen LogP) is 7.69. The first-order valence-corrected chi connectivity index (χ1v) is 13.1. The van der Waals surface area contributed by atoms with Gasteiger partial charge in [-0.15, -0.1) is 0 Å². The lowest BCUT2D eigenvalue weighted by atomic mass is 10.0. The van der Waals surface area contributed by atoms with Crippen LogP contribution in [-0.2, 0) is 11.2 Å². The maximum atomic E-state index is 11.7. The van der Waals surface area contributed by atoms with Crippen LogP contribution in [0.15, 0.2) is 114 Å². The molecule has 0 saturated carbocycles. The quantitative estimate of drug-likeness (QED) is 0.169. The largest absolute Gasteiger partial charge is 0.493 e. The Balaban J connectivity index is 1.23. The van der Waals surface area contributed by atoms with Crippen LogP contribution in [-0.4, -0.2) is 22.7 Å². The van der Waals surface area contributed by atoms with Gasteiger partial charge in [0.25, 0.3) is 0 Å². The summed E-state index contributed by atoms with van der Waals surface area (Å²) in [6.45, 7) is 2.34. The molecule has 0 spiro atoms. The SMILES string of the molecule is Cc1oc(-c2ccccc2)nc1CCOc1ccc([C@H](CC(=O)O)Nc2ccccc2Oc2ccccc2)cc1. The molecule has 1 atom stereocenters. The molecule has 0 radical (unpaired) electrons. The second-order valence-corrected chi connectivity index (χ2v) is 9.26. The highest BCUT2D eigenvalue weighted by molar-refractivity contribution is 5.69. The number of aliphatic carboxylic acids is 1. The van der Waals surface area contributed by atoms with Crippen molar-refractivity contribution in [1.82, 2.24) is 4.98 Å². The average molecular weight is 535 g/mol. The lowest BCUT2D eigenvalue weighted by Crippen LogP contribution is -2.15. The average Bonchev–Trinajstić information content (AvgIpc) is 3.35. The number of benzene rings is 4. The Morgan fingerprint density at radius 1 is 0.875 bits per heavy atom. The summed E-state index contributed by atoms with van der Waals surface area (Å²) in [4.78, 5) is 16.3. The molecule has 0 aliphatic heterocycles. The summed E-state index contributed by atoms with van der Waals surface area (Å²) in [6, 6.07) is 33.7. The Morgan fingerprint density at radius 2 is 1.55 bits per heavy atom. The Labute approximate surface area is 233 Å². The molecule has 1 aromatic heterocycles. The first-order chi connectivity index (χ1) is 19.5. The van der Waals surface area contributed by atoms with Crippen LogP contribution in [0.2, 0.25) is 0 Å². The van der Waals surface area contributed by atoms with Crippen LogP contribution < -0.4 is 14.8 Å². The molecule has 4 aromatic carbocycles. The maximum absolute atomic E-state index is 11.7. The predicted molar refractivity (Wildman–Crippen MR) is 154 cm³/mol. The van der Waals surface area contributed by atoms with Crippen LogP contribution in [0, 0.1) is 6.92 Å². The van der Waals surface area contributed by atoms with E-state index in [1.807, 2.05) is 116 Å². The summed E-state index contributed by atoms with van der Waals surface area (Å²) in [5.41, 5.74) is 3.32. The van der Waals surface area contributed by atoms with Crippen LogP contribution in [0.3, 0.4) is 0 Å². The first kappa shape index (κ1) is 26.6.